The quantitative estimate of drug-likeness (QED) is 0.567. The number of nitrogens with one attached hydrogen (secondary N) is 1. The molecule has 0 unspecified atom stereocenters. The lowest BCUT2D eigenvalue weighted by atomic mass is 9.99. The third kappa shape index (κ3) is 4.77. The number of anilines is 1. The standard InChI is InChI=1S/C26H21FN4O2S/c27-19-13-11-17(12-14-19)21-15-22(18-7-3-1-4-8-18)31(30-21)26-29-25(33)23(34-26)16-24(32)28-20-9-5-2-6-10-20/h1-14,22-23H,15-16H2,(H,28,32)/t22-,23-/m0/s1. The van der Waals surface area contributed by atoms with E-state index in [4.69, 9.17) is 5.10 Å². The zero-order valence-electron chi connectivity index (χ0n) is 18.1. The van der Waals surface area contributed by atoms with Crippen LogP contribution < -0.4 is 5.32 Å². The van der Waals surface area contributed by atoms with E-state index >= 15 is 0 Å². The lowest BCUT2D eigenvalue weighted by molar-refractivity contribution is -0.121. The Hall–Kier alpha value is -3.78. The molecule has 2 aliphatic rings. The number of nitrogens with zero attached hydrogens (tertiary/aromatic N) is 3. The van der Waals surface area contributed by atoms with Gasteiger partial charge >= 0.3 is 0 Å². The molecule has 6 nitrogen and oxygen atoms in total. The van der Waals surface area contributed by atoms with E-state index in [1.807, 2.05) is 48.5 Å². The van der Waals surface area contributed by atoms with Crippen molar-refractivity contribution in [3.8, 4) is 0 Å². The van der Waals surface area contributed by atoms with E-state index in [2.05, 4.69) is 10.3 Å². The van der Waals surface area contributed by atoms with E-state index in [1.54, 1.807) is 29.3 Å². The van der Waals surface area contributed by atoms with Gasteiger partial charge in [-0.25, -0.2) is 9.40 Å². The second-order valence-corrected chi connectivity index (χ2v) is 9.16. The number of hydrogen-bond acceptors (Lipinski definition) is 5. The molecule has 34 heavy (non-hydrogen) atoms. The Balaban J connectivity index is 1.35. The molecule has 2 aliphatic heterocycles. The third-order valence-electron chi connectivity index (χ3n) is 5.63. The molecular formula is C26H21FN4O2S. The first kappa shape index (κ1) is 22.0. The SMILES string of the molecule is O=C(C[C@@H]1SC(N2N=C(c3ccc(F)cc3)C[C@H]2c2ccccc2)=NC1=O)Nc1ccccc1. The van der Waals surface area contributed by atoms with Crippen molar-refractivity contribution in [2.45, 2.75) is 24.1 Å². The minimum atomic E-state index is -0.611. The van der Waals surface area contributed by atoms with E-state index in [9.17, 15) is 14.0 Å². The number of benzene rings is 3. The van der Waals surface area contributed by atoms with Gasteiger partial charge in [-0.1, -0.05) is 72.4 Å². The number of carbonyl (C=O) groups is 2. The first-order valence-electron chi connectivity index (χ1n) is 10.9. The van der Waals surface area contributed by atoms with Crippen molar-refractivity contribution in [3.63, 3.8) is 0 Å². The number of halogens is 1. The largest absolute Gasteiger partial charge is 0.326 e. The molecule has 0 radical (unpaired) electrons. The van der Waals surface area contributed by atoms with Gasteiger partial charge in [0.2, 0.25) is 5.91 Å². The van der Waals surface area contributed by atoms with Crippen molar-refractivity contribution < 1.29 is 14.0 Å². The highest BCUT2D eigenvalue weighted by Crippen LogP contribution is 2.38. The summed E-state index contributed by atoms with van der Waals surface area (Å²) in [4.78, 5) is 29.4. The van der Waals surface area contributed by atoms with E-state index < -0.39 is 5.25 Å². The predicted octanol–water partition coefficient (Wildman–Crippen LogP) is 5.00. The molecule has 2 heterocycles. The third-order valence-corrected chi connectivity index (χ3v) is 6.77. The predicted molar refractivity (Wildman–Crippen MR) is 132 cm³/mol. The van der Waals surface area contributed by atoms with Gasteiger partial charge in [-0.2, -0.15) is 10.1 Å². The highest BCUT2D eigenvalue weighted by atomic mass is 32.2. The first-order valence-corrected chi connectivity index (χ1v) is 11.8. The number of rotatable bonds is 5. The summed E-state index contributed by atoms with van der Waals surface area (Å²) in [6, 6.07) is 25.0. The van der Waals surface area contributed by atoms with E-state index in [1.165, 1.54) is 23.9 Å². The monoisotopic (exact) mass is 472 g/mol. The van der Waals surface area contributed by atoms with Crippen molar-refractivity contribution >= 4 is 40.1 Å². The minimum Gasteiger partial charge on any atom is -0.326 e. The lowest BCUT2D eigenvalue weighted by Crippen LogP contribution is -2.25. The smallest absolute Gasteiger partial charge is 0.262 e. The molecule has 0 aromatic heterocycles. The molecule has 0 fully saturated rings. The van der Waals surface area contributed by atoms with Gasteiger partial charge < -0.3 is 5.32 Å². The zero-order valence-corrected chi connectivity index (χ0v) is 18.9. The second kappa shape index (κ2) is 9.61. The fourth-order valence-corrected chi connectivity index (χ4v) is 5.01. The molecule has 8 heteroatoms. The van der Waals surface area contributed by atoms with Gasteiger partial charge in [0.15, 0.2) is 5.17 Å². The number of amidine groups is 1. The Morgan fingerprint density at radius 2 is 1.68 bits per heavy atom. The topological polar surface area (TPSA) is 74.1 Å². The fourth-order valence-electron chi connectivity index (χ4n) is 3.94. The summed E-state index contributed by atoms with van der Waals surface area (Å²) in [6.07, 6.45) is 0.604. The number of carbonyl (C=O) groups excluding carboxylic acids is 2. The molecule has 2 amide bonds. The average Bonchev–Trinajstić information content (AvgIpc) is 3.45. The van der Waals surface area contributed by atoms with Crippen LogP contribution in [0.1, 0.15) is 30.0 Å². The number of aliphatic imine (C=N–C) groups is 1. The second-order valence-electron chi connectivity index (χ2n) is 7.99. The summed E-state index contributed by atoms with van der Waals surface area (Å²) in [5.41, 5.74) is 3.32. The summed E-state index contributed by atoms with van der Waals surface area (Å²) < 4.78 is 13.4. The molecule has 0 bridgehead atoms. The molecule has 170 valence electrons. The zero-order chi connectivity index (χ0) is 23.5. The molecule has 3 aromatic rings. The highest BCUT2D eigenvalue weighted by Gasteiger charge is 2.39. The molecule has 3 aromatic carbocycles. The van der Waals surface area contributed by atoms with Gasteiger partial charge in [0, 0.05) is 18.5 Å². The maximum atomic E-state index is 13.4. The Bertz CT molecular complexity index is 1260. The van der Waals surface area contributed by atoms with Crippen LogP contribution >= 0.6 is 11.8 Å². The lowest BCUT2D eigenvalue weighted by Gasteiger charge is -2.23. The summed E-state index contributed by atoms with van der Waals surface area (Å²) in [5, 5.41) is 9.19. The Kier molecular flexibility index (Phi) is 6.22. The fraction of sp³-hybridized carbons (Fsp3) is 0.154. The van der Waals surface area contributed by atoms with Crippen molar-refractivity contribution in [2.75, 3.05) is 5.32 Å². The summed E-state index contributed by atoms with van der Waals surface area (Å²) in [7, 11) is 0. The van der Waals surface area contributed by atoms with Crippen LogP contribution in [-0.2, 0) is 9.59 Å². The number of hydrazone groups is 1. The van der Waals surface area contributed by atoms with Gasteiger partial charge in [-0.15, -0.1) is 0 Å². The minimum absolute atomic E-state index is 0.0176. The summed E-state index contributed by atoms with van der Waals surface area (Å²) in [5.74, 6) is -0.901. The van der Waals surface area contributed by atoms with Crippen LogP contribution in [0.2, 0.25) is 0 Å². The van der Waals surface area contributed by atoms with E-state index in [-0.39, 0.29) is 30.1 Å². The van der Waals surface area contributed by atoms with E-state index in [0.717, 1.165) is 16.8 Å². The number of hydrogen-bond donors (Lipinski definition) is 1. The van der Waals surface area contributed by atoms with Gasteiger partial charge in [-0.05, 0) is 35.4 Å². The van der Waals surface area contributed by atoms with Crippen LogP contribution in [0, 0.1) is 5.82 Å². The van der Waals surface area contributed by atoms with Crippen molar-refractivity contribution in [1.29, 1.82) is 0 Å². The molecule has 2 atom stereocenters. The van der Waals surface area contributed by atoms with Crippen molar-refractivity contribution in [2.24, 2.45) is 10.1 Å². The van der Waals surface area contributed by atoms with Crippen molar-refractivity contribution in [3.05, 3.63) is 102 Å². The van der Waals surface area contributed by atoms with Crippen LogP contribution in [0.15, 0.2) is 95.0 Å². The first-order chi connectivity index (χ1) is 16.6. The van der Waals surface area contributed by atoms with Gasteiger partial charge in [0.1, 0.15) is 11.1 Å². The Labute approximate surface area is 200 Å². The molecule has 0 saturated carbocycles. The number of amides is 2. The Morgan fingerprint density at radius 3 is 2.38 bits per heavy atom. The number of para-hydroxylation sites is 1. The van der Waals surface area contributed by atoms with E-state index in [0.29, 0.717) is 17.3 Å². The molecule has 0 aliphatic carbocycles. The maximum absolute atomic E-state index is 13.4. The van der Waals surface area contributed by atoms with Gasteiger partial charge in [0.25, 0.3) is 5.91 Å². The molecule has 0 spiro atoms. The van der Waals surface area contributed by atoms with Crippen LogP contribution in [0.5, 0.6) is 0 Å². The highest BCUT2D eigenvalue weighted by molar-refractivity contribution is 8.15. The maximum Gasteiger partial charge on any atom is 0.262 e. The van der Waals surface area contributed by atoms with Crippen LogP contribution in [-0.4, -0.2) is 33.0 Å². The normalized spacial score (nSPS) is 19.7. The van der Waals surface area contributed by atoms with Crippen LogP contribution in [0.3, 0.4) is 0 Å². The van der Waals surface area contributed by atoms with Gasteiger partial charge in [-0.3, -0.25) is 9.59 Å². The van der Waals surface area contributed by atoms with Crippen LogP contribution in [0.4, 0.5) is 10.1 Å². The van der Waals surface area contributed by atoms with Gasteiger partial charge in [0.05, 0.1) is 11.8 Å². The summed E-state index contributed by atoms with van der Waals surface area (Å²) in [6.45, 7) is 0. The summed E-state index contributed by atoms with van der Waals surface area (Å²) >= 11 is 1.25. The average molecular weight is 473 g/mol. The molecule has 5 rings (SSSR count). The molecule has 1 N–H and O–H groups in total. The number of thioether (sulfide) groups is 1. The Morgan fingerprint density at radius 1 is 1.00 bits per heavy atom. The molecular weight excluding hydrogens is 451 g/mol. The molecule has 0 saturated heterocycles. The van der Waals surface area contributed by atoms with Crippen molar-refractivity contribution in [1.82, 2.24) is 5.01 Å². The van der Waals surface area contributed by atoms with Crippen LogP contribution in [0.25, 0.3) is 0 Å².